The van der Waals surface area contributed by atoms with Gasteiger partial charge in [0.05, 0.1) is 0 Å². The molecule has 0 amide bonds. The monoisotopic (exact) mass is 264 g/mol. The lowest BCUT2D eigenvalue weighted by Crippen LogP contribution is -1.82. The van der Waals surface area contributed by atoms with Crippen LogP contribution in [0.15, 0.2) is 53.0 Å². The lowest BCUT2D eigenvalue weighted by atomic mass is 10.3. The van der Waals surface area contributed by atoms with Crippen LogP contribution in [-0.2, 0) is 0 Å². The van der Waals surface area contributed by atoms with E-state index in [-0.39, 0.29) is 5.75 Å². The number of hydrogen-bond donors (Lipinski definition) is 1. The van der Waals surface area contributed by atoms with Gasteiger partial charge in [-0.05, 0) is 36.4 Å². The molecular formula is C12H9BrO2. The molecule has 1 N–H and O–H groups in total. The van der Waals surface area contributed by atoms with Crippen molar-refractivity contribution >= 4 is 15.9 Å². The highest BCUT2D eigenvalue weighted by molar-refractivity contribution is 9.10. The number of halogens is 1. The lowest BCUT2D eigenvalue weighted by Gasteiger charge is -2.05. The molecule has 0 fully saturated rings. The maximum atomic E-state index is 9.25. The van der Waals surface area contributed by atoms with Gasteiger partial charge in [0.2, 0.25) is 0 Å². The molecule has 0 bridgehead atoms. The van der Waals surface area contributed by atoms with E-state index < -0.39 is 0 Å². The van der Waals surface area contributed by atoms with Gasteiger partial charge >= 0.3 is 0 Å². The maximum Gasteiger partial charge on any atom is 0.131 e. The average molecular weight is 265 g/mol. The summed E-state index contributed by atoms with van der Waals surface area (Å²) in [6.07, 6.45) is 0. The van der Waals surface area contributed by atoms with Crippen LogP contribution >= 0.6 is 15.9 Å². The van der Waals surface area contributed by atoms with Gasteiger partial charge in [0.25, 0.3) is 0 Å². The molecule has 0 heterocycles. The SMILES string of the molecule is Oc1cccc(Oc2ccc(Br)cc2)c1. The molecule has 2 rings (SSSR count). The topological polar surface area (TPSA) is 29.5 Å². The van der Waals surface area contributed by atoms with Crippen molar-refractivity contribution in [2.24, 2.45) is 0 Å². The predicted molar refractivity (Wildman–Crippen MR) is 62.3 cm³/mol. The van der Waals surface area contributed by atoms with Crippen LogP contribution in [0, 0.1) is 0 Å². The molecule has 2 aromatic carbocycles. The number of hydrogen-bond acceptors (Lipinski definition) is 2. The van der Waals surface area contributed by atoms with Crippen molar-refractivity contribution < 1.29 is 9.84 Å². The molecule has 15 heavy (non-hydrogen) atoms. The van der Waals surface area contributed by atoms with Crippen molar-refractivity contribution in [1.82, 2.24) is 0 Å². The molecule has 0 spiro atoms. The fourth-order valence-corrected chi connectivity index (χ4v) is 1.45. The molecule has 2 aromatic rings. The zero-order valence-electron chi connectivity index (χ0n) is 7.85. The Morgan fingerprint density at radius 1 is 0.933 bits per heavy atom. The van der Waals surface area contributed by atoms with Crippen LogP contribution in [0.3, 0.4) is 0 Å². The highest BCUT2D eigenvalue weighted by Gasteiger charge is 1.97. The minimum atomic E-state index is 0.199. The first-order valence-corrected chi connectivity index (χ1v) is 5.26. The Morgan fingerprint density at radius 3 is 2.33 bits per heavy atom. The van der Waals surface area contributed by atoms with E-state index in [0.29, 0.717) is 5.75 Å². The maximum absolute atomic E-state index is 9.25. The van der Waals surface area contributed by atoms with E-state index in [1.807, 2.05) is 24.3 Å². The fraction of sp³-hybridized carbons (Fsp3) is 0. The summed E-state index contributed by atoms with van der Waals surface area (Å²) in [5, 5.41) is 9.25. The Balaban J connectivity index is 2.18. The second-order valence-corrected chi connectivity index (χ2v) is 3.97. The van der Waals surface area contributed by atoms with Crippen molar-refractivity contribution in [1.29, 1.82) is 0 Å². The number of ether oxygens (including phenoxy) is 1. The number of rotatable bonds is 2. The number of phenolic OH excluding ortho intramolecular Hbond substituents is 1. The Morgan fingerprint density at radius 2 is 1.67 bits per heavy atom. The molecule has 0 saturated heterocycles. The Labute approximate surface area is 96.3 Å². The smallest absolute Gasteiger partial charge is 0.131 e. The molecule has 0 radical (unpaired) electrons. The highest BCUT2D eigenvalue weighted by Crippen LogP contribution is 2.25. The van der Waals surface area contributed by atoms with Crippen LogP contribution in [0.5, 0.6) is 17.2 Å². The van der Waals surface area contributed by atoms with Crippen molar-refractivity contribution in [3.8, 4) is 17.2 Å². The van der Waals surface area contributed by atoms with Crippen molar-refractivity contribution in [3.63, 3.8) is 0 Å². The summed E-state index contributed by atoms with van der Waals surface area (Å²) in [4.78, 5) is 0. The van der Waals surface area contributed by atoms with Crippen molar-refractivity contribution in [2.75, 3.05) is 0 Å². The molecule has 0 saturated carbocycles. The van der Waals surface area contributed by atoms with Gasteiger partial charge in [-0.3, -0.25) is 0 Å². The molecule has 3 heteroatoms. The molecule has 0 aliphatic rings. The van der Waals surface area contributed by atoms with E-state index >= 15 is 0 Å². The van der Waals surface area contributed by atoms with E-state index in [0.717, 1.165) is 10.2 Å². The van der Waals surface area contributed by atoms with Gasteiger partial charge in [-0.1, -0.05) is 22.0 Å². The molecular weight excluding hydrogens is 256 g/mol. The number of benzene rings is 2. The van der Waals surface area contributed by atoms with Crippen LogP contribution in [0.1, 0.15) is 0 Å². The summed E-state index contributed by atoms with van der Waals surface area (Å²) in [6, 6.07) is 14.2. The Kier molecular flexibility index (Phi) is 2.92. The predicted octanol–water partition coefficient (Wildman–Crippen LogP) is 3.95. The second-order valence-electron chi connectivity index (χ2n) is 3.05. The first-order chi connectivity index (χ1) is 7.24. The van der Waals surface area contributed by atoms with E-state index in [4.69, 9.17) is 4.74 Å². The van der Waals surface area contributed by atoms with Crippen LogP contribution in [-0.4, -0.2) is 5.11 Å². The second kappa shape index (κ2) is 4.36. The summed E-state index contributed by atoms with van der Waals surface area (Å²) in [5.74, 6) is 1.56. The quantitative estimate of drug-likeness (QED) is 0.890. The lowest BCUT2D eigenvalue weighted by molar-refractivity contribution is 0.455. The van der Waals surface area contributed by atoms with E-state index in [9.17, 15) is 5.11 Å². The third-order valence-electron chi connectivity index (χ3n) is 1.87. The average Bonchev–Trinajstić information content (AvgIpc) is 2.22. The van der Waals surface area contributed by atoms with Gasteiger partial charge in [0.1, 0.15) is 17.2 Å². The Hall–Kier alpha value is -1.48. The summed E-state index contributed by atoms with van der Waals surface area (Å²) in [5.41, 5.74) is 0. The summed E-state index contributed by atoms with van der Waals surface area (Å²) in [7, 11) is 0. The summed E-state index contributed by atoms with van der Waals surface area (Å²) in [6.45, 7) is 0. The molecule has 76 valence electrons. The number of phenols is 1. The minimum Gasteiger partial charge on any atom is -0.508 e. The van der Waals surface area contributed by atoms with Crippen LogP contribution < -0.4 is 4.74 Å². The first kappa shape index (κ1) is 10.1. The molecule has 0 atom stereocenters. The van der Waals surface area contributed by atoms with Crippen molar-refractivity contribution in [3.05, 3.63) is 53.0 Å². The zero-order chi connectivity index (χ0) is 10.7. The van der Waals surface area contributed by atoms with E-state index in [2.05, 4.69) is 15.9 Å². The molecule has 0 aliphatic carbocycles. The van der Waals surface area contributed by atoms with E-state index in [1.165, 1.54) is 0 Å². The molecule has 0 aromatic heterocycles. The highest BCUT2D eigenvalue weighted by atomic mass is 79.9. The summed E-state index contributed by atoms with van der Waals surface area (Å²) >= 11 is 3.35. The van der Waals surface area contributed by atoms with Gasteiger partial charge < -0.3 is 9.84 Å². The van der Waals surface area contributed by atoms with Crippen LogP contribution in [0.25, 0.3) is 0 Å². The third kappa shape index (κ3) is 2.73. The number of aromatic hydroxyl groups is 1. The largest absolute Gasteiger partial charge is 0.508 e. The van der Waals surface area contributed by atoms with Crippen LogP contribution in [0.2, 0.25) is 0 Å². The fourth-order valence-electron chi connectivity index (χ4n) is 1.19. The van der Waals surface area contributed by atoms with Crippen LogP contribution in [0.4, 0.5) is 0 Å². The molecule has 0 aliphatic heterocycles. The van der Waals surface area contributed by atoms with Gasteiger partial charge in [-0.15, -0.1) is 0 Å². The van der Waals surface area contributed by atoms with Gasteiger partial charge in [-0.2, -0.15) is 0 Å². The molecule has 2 nitrogen and oxygen atoms in total. The van der Waals surface area contributed by atoms with E-state index in [1.54, 1.807) is 24.3 Å². The first-order valence-electron chi connectivity index (χ1n) is 4.46. The molecule has 0 unspecified atom stereocenters. The third-order valence-corrected chi connectivity index (χ3v) is 2.40. The normalized spacial score (nSPS) is 9.93. The van der Waals surface area contributed by atoms with Gasteiger partial charge in [-0.25, -0.2) is 0 Å². The van der Waals surface area contributed by atoms with Crippen molar-refractivity contribution in [2.45, 2.75) is 0 Å². The summed E-state index contributed by atoms with van der Waals surface area (Å²) < 4.78 is 6.54. The zero-order valence-corrected chi connectivity index (χ0v) is 9.44. The van der Waals surface area contributed by atoms with Gasteiger partial charge in [0, 0.05) is 10.5 Å². The van der Waals surface area contributed by atoms with Gasteiger partial charge in [0.15, 0.2) is 0 Å². The standard InChI is InChI=1S/C12H9BrO2/c13-9-4-6-11(7-5-9)15-12-3-1-2-10(14)8-12/h1-8,14H. The minimum absolute atomic E-state index is 0.199. The Bertz CT molecular complexity index is 451.